The van der Waals surface area contributed by atoms with Gasteiger partial charge in [-0.1, -0.05) is 43.6 Å². The van der Waals surface area contributed by atoms with E-state index in [1.165, 1.54) is 0 Å². The van der Waals surface area contributed by atoms with Crippen molar-refractivity contribution in [2.24, 2.45) is 10.7 Å². The van der Waals surface area contributed by atoms with Gasteiger partial charge in [-0.25, -0.2) is 0 Å². The number of likely N-dealkylation sites (N-methyl/N-ethyl adjacent to an activating group) is 1. The van der Waals surface area contributed by atoms with Crippen molar-refractivity contribution in [2.75, 3.05) is 26.7 Å². The van der Waals surface area contributed by atoms with Crippen molar-refractivity contribution in [3.05, 3.63) is 34.9 Å². The minimum atomic E-state index is 0.184. The first-order chi connectivity index (χ1) is 9.13. The first-order valence-corrected chi connectivity index (χ1v) is 6.96. The van der Waals surface area contributed by atoms with E-state index < -0.39 is 0 Å². The van der Waals surface area contributed by atoms with Crippen LogP contribution >= 0.6 is 11.6 Å². The number of nitrogens with one attached hydrogen (secondary N) is 1. The lowest BCUT2D eigenvalue weighted by molar-refractivity contribution is 0.219. The van der Waals surface area contributed by atoms with Crippen LogP contribution in [-0.4, -0.2) is 37.5 Å². The maximum Gasteiger partial charge on any atom is 0.188 e. The zero-order valence-corrected chi connectivity index (χ0v) is 12.6. The van der Waals surface area contributed by atoms with Gasteiger partial charge < -0.3 is 11.1 Å². The molecule has 1 rings (SSSR count). The fourth-order valence-corrected chi connectivity index (χ4v) is 2.39. The Bertz CT molecular complexity index is 416. The molecule has 1 atom stereocenters. The van der Waals surface area contributed by atoms with Crippen LogP contribution in [0, 0.1) is 0 Å². The zero-order chi connectivity index (χ0) is 14.3. The van der Waals surface area contributed by atoms with Gasteiger partial charge in [0.15, 0.2) is 5.96 Å². The number of aliphatic imine (C=N–C) groups is 1. The molecule has 0 amide bonds. The second-order valence-electron chi connectivity index (χ2n) is 4.25. The summed E-state index contributed by atoms with van der Waals surface area (Å²) < 4.78 is 0. The van der Waals surface area contributed by atoms with Crippen LogP contribution in [0.4, 0.5) is 0 Å². The van der Waals surface area contributed by atoms with Crippen LogP contribution in [0.3, 0.4) is 0 Å². The van der Waals surface area contributed by atoms with Crippen LogP contribution in [0.2, 0.25) is 5.02 Å². The van der Waals surface area contributed by atoms with Crippen molar-refractivity contribution >= 4 is 17.6 Å². The molecule has 0 fully saturated rings. The maximum atomic E-state index is 6.31. The molecule has 0 saturated heterocycles. The molecule has 0 aromatic heterocycles. The van der Waals surface area contributed by atoms with Crippen molar-refractivity contribution in [3.8, 4) is 0 Å². The third kappa shape index (κ3) is 4.40. The highest BCUT2D eigenvalue weighted by Gasteiger charge is 2.20. The maximum absolute atomic E-state index is 6.31. The highest BCUT2D eigenvalue weighted by atomic mass is 35.5. The number of benzene rings is 1. The molecule has 0 aliphatic carbocycles. The predicted octanol–water partition coefficient (Wildman–Crippen LogP) is 2.26. The summed E-state index contributed by atoms with van der Waals surface area (Å²) >= 11 is 6.31. The number of hydrogen-bond acceptors (Lipinski definition) is 2. The quantitative estimate of drug-likeness (QED) is 0.622. The largest absolute Gasteiger partial charge is 0.370 e. The van der Waals surface area contributed by atoms with E-state index in [4.69, 9.17) is 17.3 Å². The minimum absolute atomic E-state index is 0.184. The fourth-order valence-electron chi connectivity index (χ4n) is 2.13. The van der Waals surface area contributed by atoms with Gasteiger partial charge in [0, 0.05) is 18.6 Å². The molecule has 1 unspecified atom stereocenters. The molecule has 0 radical (unpaired) electrons. The lowest BCUT2D eigenvalue weighted by Crippen LogP contribution is -2.40. The standard InChI is InChI=1S/C14H23ClN4/c1-4-19(5-2)13(10-18-14(16)17-3)11-8-6-7-9-12(11)15/h6-9,13H,4-5,10H2,1-3H3,(H3,16,17,18). The smallest absolute Gasteiger partial charge is 0.188 e. The van der Waals surface area contributed by atoms with Crippen LogP contribution in [0.5, 0.6) is 0 Å². The molecule has 0 spiro atoms. The van der Waals surface area contributed by atoms with Crippen molar-refractivity contribution in [2.45, 2.75) is 19.9 Å². The van der Waals surface area contributed by atoms with Gasteiger partial charge in [0.25, 0.3) is 0 Å². The summed E-state index contributed by atoms with van der Waals surface area (Å²) in [5.41, 5.74) is 6.82. The van der Waals surface area contributed by atoms with Gasteiger partial charge >= 0.3 is 0 Å². The average Bonchev–Trinajstić information content (AvgIpc) is 2.44. The molecule has 19 heavy (non-hydrogen) atoms. The Hall–Kier alpha value is -1.26. The Morgan fingerprint density at radius 3 is 2.53 bits per heavy atom. The Morgan fingerprint density at radius 2 is 2.00 bits per heavy atom. The Morgan fingerprint density at radius 1 is 1.37 bits per heavy atom. The van der Waals surface area contributed by atoms with Gasteiger partial charge in [-0.15, -0.1) is 0 Å². The summed E-state index contributed by atoms with van der Waals surface area (Å²) in [6.45, 7) is 6.89. The Labute approximate surface area is 120 Å². The van der Waals surface area contributed by atoms with Crippen molar-refractivity contribution in [1.82, 2.24) is 10.2 Å². The third-order valence-electron chi connectivity index (χ3n) is 3.23. The van der Waals surface area contributed by atoms with Gasteiger partial charge in [0.2, 0.25) is 0 Å². The summed E-state index contributed by atoms with van der Waals surface area (Å²) in [5, 5.41) is 3.92. The summed E-state index contributed by atoms with van der Waals surface area (Å²) in [7, 11) is 1.67. The highest BCUT2D eigenvalue weighted by molar-refractivity contribution is 6.31. The van der Waals surface area contributed by atoms with E-state index in [-0.39, 0.29) is 6.04 Å². The van der Waals surface area contributed by atoms with Crippen LogP contribution in [0.25, 0.3) is 0 Å². The van der Waals surface area contributed by atoms with E-state index in [9.17, 15) is 0 Å². The van der Waals surface area contributed by atoms with Crippen LogP contribution in [0.1, 0.15) is 25.5 Å². The fraction of sp³-hybridized carbons (Fsp3) is 0.500. The van der Waals surface area contributed by atoms with E-state index in [0.717, 1.165) is 23.7 Å². The molecule has 3 N–H and O–H groups in total. The summed E-state index contributed by atoms with van der Waals surface area (Å²) in [5.74, 6) is 0.448. The topological polar surface area (TPSA) is 53.6 Å². The van der Waals surface area contributed by atoms with E-state index in [0.29, 0.717) is 12.5 Å². The normalized spacial score (nSPS) is 13.6. The second kappa shape index (κ2) is 8.02. The Kier molecular flexibility index (Phi) is 6.67. The minimum Gasteiger partial charge on any atom is -0.370 e. The number of rotatable bonds is 6. The molecule has 0 aliphatic heterocycles. The van der Waals surface area contributed by atoms with E-state index in [1.54, 1.807) is 7.05 Å². The third-order valence-corrected chi connectivity index (χ3v) is 3.58. The first kappa shape index (κ1) is 15.8. The molecule has 4 nitrogen and oxygen atoms in total. The lowest BCUT2D eigenvalue weighted by atomic mass is 10.0. The lowest BCUT2D eigenvalue weighted by Gasteiger charge is -2.31. The monoisotopic (exact) mass is 282 g/mol. The van der Waals surface area contributed by atoms with Gasteiger partial charge in [-0.2, -0.15) is 0 Å². The van der Waals surface area contributed by atoms with Crippen molar-refractivity contribution in [1.29, 1.82) is 0 Å². The first-order valence-electron chi connectivity index (χ1n) is 6.58. The molecular weight excluding hydrogens is 260 g/mol. The number of nitrogens with two attached hydrogens (primary N) is 1. The van der Waals surface area contributed by atoms with Gasteiger partial charge in [-0.3, -0.25) is 9.89 Å². The number of halogens is 1. The van der Waals surface area contributed by atoms with E-state index in [1.807, 2.05) is 18.2 Å². The molecule has 0 saturated carbocycles. The summed E-state index contributed by atoms with van der Waals surface area (Å²) in [6, 6.07) is 8.12. The number of guanidine groups is 1. The van der Waals surface area contributed by atoms with Gasteiger partial charge in [0.05, 0.1) is 6.04 Å². The molecule has 1 aromatic carbocycles. The Balaban J connectivity index is 2.95. The molecule has 0 bridgehead atoms. The molecular formula is C14H23ClN4. The van der Waals surface area contributed by atoms with Gasteiger partial charge in [-0.05, 0) is 24.7 Å². The highest BCUT2D eigenvalue weighted by Crippen LogP contribution is 2.26. The van der Waals surface area contributed by atoms with Crippen LogP contribution in [0.15, 0.2) is 29.3 Å². The zero-order valence-electron chi connectivity index (χ0n) is 11.9. The molecule has 0 heterocycles. The predicted molar refractivity (Wildman–Crippen MR) is 82.7 cm³/mol. The number of nitrogens with zero attached hydrogens (tertiary/aromatic N) is 2. The van der Waals surface area contributed by atoms with E-state index >= 15 is 0 Å². The molecule has 0 aliphatic rings. The van der Waals surface area contributed by atoms with Crippen molar-refractivity contribution < 1.29 is 0 Å². The molecule has 106 valence electrons. The van der Waals surface area contributed by atoms with E-state index in [2.05, 4.69) is 35.1 Å². The molecule has 1 aromatic rings. The summed E-state index contributed by atoms with van der Waals surface area (Å²) in [6.07, 6.45) is 0. The van der Waals surface area contributed by atoms with Crippen LogP contribution in [-0.2, 0) is 0 Å². The van der Waals surface area contributed by atoms with Crippen LogP contribution < -0.4 is 11.1 Å². The average molecular weight is 283 g/mol. The molecule has 5 heteroatoms. The van der Waals surface area contributed by atoms with Crippen molar-refractivity contribution in [3.63, 3.8) is 0 Å². The van der Waals surface area contributed by atoms with Gasteiger partial charge in [0.1, 0.15) is 0 Å². The number of hydrogen-bond donors (Lipinski definition) is 2. The summed E-state index contributed by atoms with van der Waals surface area (Å²) in [4.78, 5) is 6.26. The SMILES string of the molecule is CCN(CC)C(CNC(N)=NC)c1ccccc1Cl. The second-order valence-corrected chi connectivity index (χ2v) is 4.66.